The van der Waals surface area contributed by atoms with E-state index in [2.05, 4.69) is 27.3 Å². The van der Waals surface area contributed by atoms with E-state index < -0.39 is 58.0 Å². The summed E-state index contributed by atoms with van der Waals surface area (Å²) in [5.41, 5.74) is -0.422. The molecule has 1 unspecified atom stereocenters. The first kappa shape index (κ1) is 41.7. The van der Waals surface area contributed by atoms with Crippen molar-refractivity contribution in [2.75, 3.05) is 59.5 Å². The standard InChI is InChI=1S/C45H60N4O9/c1-8-42(53,27-46-21-17-29-26-47-34-16-11-10-14-30(29)34)18-12-15-31(37(51)56-6)32-24-33-35(25-36(32)55-5)48(4)39-44(33)20-23-49-22-13-19-43(9-2,38(44)49)40(58-28(3)50)45(39,54)41(52)57-7/h10-11,13-14,16,19,24-26,31,38-40,46-47,53-54H,8-9,12,15,17-18,20-23,27H2,1-7H3/t31-,38-,39+,40+,42?,43+,44+,45-/m0/s1. The van der Waals surface area contributed by atoms with Crippen LogP contribution in [0.3, 0.4) is 0 Å². The summed E-state index contributed by atoms with van der Waals surface area (Å²) < 4.78 is 22.9. The average Bonchev–Trinajstić information content (AvgIpc) is 3.91. The number of hydrogen-bond acceptors (Lipinski definition) is 12. The highest BCUT2D eigenvalue weighted by molar-refractivity contribution is 5.88. The largest absolute Gasteiger partial charge is 0.496 e. The van der Waals surface area contributed by atoms with Crippen molar-refractivity contribution in [2.24, 2.45) is 5.41 Å². The van der Waals surface area contributed by atoms with Gasteiger partial charge < -0.3 is 44.4 Å². The van der Waals surface area contributed by atoms with Crippen molar-refractivity contribution in [1.29, 1.82) is 0 Å². The van der Waals surface area contributed by atoms with E-state index in [-0.39, 0.29) is 6.04 Å². The lowest BCUT2D eigenvalue weighted by molar-refractivity contribution is -0.228. The molecule has 0 radical (unpaired) electrons. The molecule has 1 spiro atoms. The number of nitrogens with one attached hydrogen (secondary N) is 2. The number of carbonyl (C=O) groups is 3. The van der Waals surface area contributed by atoms with Gasteiger partial charge in [-0.15, -0.1) is 0 Å². The van der Waals surface area contributed by atoms with E-state index in [1.54, 1.807) is 7.11 Å². The van der Waals surface area contributed by atoms with Gasteiger partial charge in [0.1, 0.15) is 5.75 Å². The number of carbonyl (C=O) groups excluding carboxylic acids is 3. The highest BCUT2D eigenvalue weighted by Crippen LogP contribution is 2.67. The summed E-state index contributed by atoms with van der Waals surface area (Å²) in [5.74, 6) is -2.15. The zero-order chi connectivity index (χ0) is 41.6. The zero-order valence-corrected chi connectivity index (χ0v) is 34.9. The van der Waals surface area contributed by atoms with Crippen molar-refractivity contribution in [3.05, 3.63) is 71.4 Å². The molecule has 4 aliphatic rings. The maximum atomic E-state index is 14.1. The van der Waals surface area contributed by atoms with Crippen LogP contribution in [0.25, 0.3) is 10.9 Å². The van der Waals surface area contributed by atoms with E-state index in [0.717, 1.165) is 23.2 Å². The van der Waals surface area contributed by atoms with E-state index in [9.17, 15) is 24.6 Å². The molecule has 3 aliphatic heterocycles. The fourth-order valence-electron chi connectivity index (χ4n) is 11.5. The fourth-order valence-corrected chi connectivity index (χ4v) is 11.5. The molecular weight excluding hydrogens is 741 g/mol. The van der Waals surface area contributed by atoms with Crippen LogP contribution in [0.15, 0.2) is 54.7 Å². The minimum absolute atomic E-state index is 0.265. The number of hydrogen-bond donors (Lipinski definition) is 4. The van der Waals surface area contributed by atoms with Crippen LogP contribution in [-0.4, -0.2) is 122 Å². The van der Waals surface area contributed by atoms with Crippen molar-refractivity contribution in [3.8, 4) is 5.75 Å². The van der Waals surface area contributed by atoms with Gasteiger partial charge in [-0.05, 0) is 81.3 Å². The first-order valence-electron chi connectivity index (χ1n) is 20.7. The summed E-state index contributed by atoms with van der Waals surface area (Å²) in [6.07, 6.45) is 8.69. The molecule has 13 heteroatoms. The Balaban J connectivity index is 1.20. The number of fused-ring (bicyclic) bond motifs is 2. The monoisotopic (exact) mass is 800 g/mol. The van der Waals surface area contributed by atoms with Gasteiger partial charge >= 0.3 is 17.9 Å². The molecule has 2 aromatic carbocycles. The second-order valence-electron chi connectivity index (χ2n) is 16.8. The molecule has 7 rings (SSSR count). The van der Waals surface area contributed by atoms with Crippen LogP contribution in [-0.2, 0) is 40.4 Å². The summed E-state index contributed by atoms with van der Waals surface area (Å²) in [6, 6.07) is 11.0. The predicted octanol–water partition coefficient (Wildman–Crippen LogP) is 4.52. The molecule has 3 aromatic rings. The van der Waals surface area contributed by atoms with Crippen molar-refractivity contribution in [1.82, 2.24) is 15.2 Å². The summed E-state index contributed by atoms with van der Waals surface area (Å²) >= 11 is 0. The van der Waals surface area contributed by atoms with E-state index >= 15 is 0 Å². The smallest absolute Gasteiger partial charge is 0.344 e. The molecule has 4 heterocycles. The van der Waals surface area contributed by atoms with Gasteiger partial charge in [-0.3, -0.25) is 14.5 Å². The van der Waals surface area contributed by atoms with Gasteiger partial charge in [-0.2, -0.15) is 0 Å². The lowest BCUT2D eigenvalue weighted by Gasteiger charge is -2.63. The van der Waals surface area contributed by atoms with E-state index in [4.69, 9.17) is 18.9 Å². The van der Waals surface area contributed by atoms with Crippen LogP contribution in [0.4, 0.5) is 5.69 Å². The lowest BCUT2D eigenvalue weighted by Crippen LogP contribution is -2.81. The van der Waals surface area contributed by atoms with Gasteiger partial charge in [0.2, 0.25) is 5.60 Å². The van der Waals surface area contributed by atoms with Gasteiger partial charge in [-0.1, -0.05) is 44.2 Å². The highest BCUT2D eigenvalue weighted by atomic mass is 16.6. The van der Waals surface area contributed by atoms with Gasteiger partial charge in [0.05, 0.1) is 38.9 Å². The van der Waals surface area contributed by atoms with Crippen molar-refractivity contribution < 1.29 is 43.5 Å². The second-order valence-corrected chi connectivity index (χ2v) is 16.8. The maximum Gasteiger partial charge on any atom is 0.344 e. The van der Waals surface area contributed by atoms with Gasteiger partial charge in [-0.25, -0.2) is 4.79 Å². The minimum atomic E-state index is -2.26. The summed E-state index contributed by atoms with van der Waals surface area (Å²) in [4.78, 5) is 48.3. The molecule has 1 saturated carbocycles. The second kappa shape index (κ2) is 16.0. The van der Waals surface area contributed by atoms with Crippen LogP contribution < -0.4 is 15.0 Å². The van der Waals surface area contributed by atoms with E-state index in [1.807, 2.05) is 68.4 Å². The van der Waals surface area contributed by atoms with Gasteiger partial charge in [0.25, 0.3) is 0 Å². The van der Waals surface area contributed by atoms with Crippen LogP contribution in [0.2, 0.25) is 0 Å². The number of aromatic nitrogens is 1. The number of rotatable bonds is 16. The Hall–Kier alpha value is -4.43. The third kappa shape index (κ3) is 6.40. The van der Waals surface area contributed by atoms with E-state index in [1.165, 1.54) is 32.1 Å². The molecule has 1 aromatic heterocycles. The first-order chi connectivity index (χ1) is 27.8. The normalized spacial score (nSPS) is 28.6. The molecule has 13 nitrogen and oxygen atoms in total. The highest BCUT2D eigenvalue weighted by Gasteiger charge is 2.80. The molecular formula is C45H60N4O9. The predicted molar refractivity (Wildman–Crippen MR) is 220 cm³/mol. The molecule has 314 valence electrons. The van der Waals surface area contributed by atoms with Crippen LogP contribution in [0.5, 0.6) is 5.75 Å². The van der Waals surface area contributed by atoms with E-state index in [0.29, 0.717) is 76.0 Å². The molecule has 4 N–H and O–H groups in total. The Labute approximate surface area is 341 Å². The molecule has 1 aliphatic carbocycles. The Kier molecular flexibility index (Phi) is 11.5. The number of para-hydroxylation sites is 1. The Morgan fingerprint density at radius 2 is 1.88 bits per heavy atom. The van der Waals surface area contributed by atoms with Crippen molar-refractivity contribution >= 4 is 34.5 Å². The van der Waals surface area contributed by atoms with Crippen LogP contribution >= 0.6 is 0 Å². The summed E-state index contributed by atoms with van der Waals surface area (Å²) in [7, 11) is 6.02. The number of esters is 3. The maximum absolute atomic E-state index is 14.1. The number of ether oxygens (including phenoxy) is 4. The third-order valence-electron chi connectivity index (χ3n) is 14.1. The number of likely N-dealkylation sites (N-methyl/N-ethyl adjacent to an activating group) is 1. The molecule has 0 amide bonds. The number of aromatic amines is 1. The summed E-state index contributed by atoms with van der Waals surface area (Å²) in [5, 5.41) is 29.4. The molecule has 8 atom stereocenters. The Morgan fingerprint density at radius 3 is 2.57 bits per heavy atom. The number of anilines is 1. The number of aliphatic hydroxyl groups is 2. The van der Waals surface area contributed by atoms with Crippen molar-refractivity contribution in [3.63, 3.8) is 0 Å². The number of methoxy groups -OCH3 is 3. The zero-order valence-electron chi connectivity index (χ0n) is 34.9. The first-order valence-corrected chi connectivity index (χ1v) is 20.7. The van der Waals surface area contributed by atoms with Crippen LogP contribution in [0, 0.1) is 5.41 Å². The molecule has 0 bridgehead atoms. The number of nitrogens with zero attached hydrogens (tertiary/aromatic N) is 2. The summed E-state index contributed by atoms with van der Waals surface area (Å²) in [6.45, 7) is 7.73. The number of benzene rings is 2. The van der Waals surface area contributed by atoms with Crippen LogP contribution in [0.1, 0.15) is 81.9 Å². The Bertz CT molecular complexity index is 2070. The number of H-pyrrole nitrogens is 1. The van der Waals surface area contributed by atoms with Crippen molar-refractivity contribution in [2.45, 2.75) is 106 Å². The quantitative estimate of drug-likeness (QED) is 0.0695. The third-order valence-corrected chi connectivity index (χ3v) is 14.1. The lowest BCUT2D eigenvalue weighted by atomic mass is 9.47. The SMILES string of the molecule is CCC(O)(CCC[C@H](C(=O)OC)c1cc2c(cc1OC)N(C)[C@H]1[C@@](O)(C(=O)OC)[C@H](OC(C)=O)[C@]3(CC)C=CCN4CC[C@]21[C@@H]43)CNCCc1c[nH]c2ccccc12. The van der Waals surface area contributed by atoms with Gasteiger partial charge in [0.15, 0.2) is 6.10 Å². The average molecular weight is 801 g/mol. The fraction of sp³-hybridized carbons (Fsp3) is 0.578. The van der Waals surface area contributed by atoms with Gasteiger partial charge in [0, 0.05) is 78.3 Å². The molecule has 1 saturated heterocycles. The topological polar surface area (TPSA) is 163 Å². The molecule has 2 fully saturated rings. The molecule has 58 heavy (non-hydrogen) atoms. The Morgan fingerprint density at radius 1 is 1.10 bits per heavy atom. The minimum Gasteiger partial charge on any atom is -0.496 e.